The van der Waals surface area contributed by atoms with E-state index in [4.69, 9.17) is 4.55 Å². The van der Waals surface area contributed by atoms with Gasteiger partial charge in [-0.2, -0.15) is 8.42 Å². The second-order valence-electron chi connectivity index (χ2n) is 10.2. The van der Waals surface area contributed by atoms with Crippen LogP contribution < -0.4 is 0 Å². The first-order chi connectivity index (χ1) is 16.5. The topological polar surface area (TPSA) is 63.6 Å². The number of rotatable bonds is 27. The normalized spacial score (nSPS) is 13.1. The minimum Gasteiger partial charge on any atom is -0.264 e. The van der Waals surface area contributed by atoms with E-state index < -0.39 is 10.4 Å². The van der Waals surface area contributed by atoms with E-state index in [9.17, 15) is 8.42 Å². The van der Waals surface area contributed by atoms with Crippen LogP contribution in [0.2, 0.25) is 0 Å². The lowest BCUT2D eigenvalue weighted by atomic mass is 9.99. The zero-order valence-electron chi connectivity index (χ0n) is 22.8. The molecule has 0 aliphatic carbocycles. The molecule has 4 nitrogen and oxygen atoms in total. The summed E-state index contributed by atoms with van der Waals surface area (Å²) in [6.07, 6.45) is 34.1. The van der Waals surface area contributed by atoms with E-state index in [-0.39, 0.29) is 12.5 Å². The summed E-state index contributed by atoms with van der Waals surface area (Å²) in [5.41, 5.74) is 0. The van der Waals surface area contributed by atoms with E-state index in [0.29, 0.717) is 0 Å². The summed E-state index contributed by atoms with van der Waals surface area (Å²) in [5, 5.41) is 0. The average Bonchev–Trinajstić information content (AvgIpc) is 2.80. The molecule has 1 N–H and O–H groups in total. The molecule has 0 saturated heterocycles. The number of hydrogen-bond donors (Lipinski definition) is 1. The van der Waals surface area contributed by atoms with Crippen molar-refractivity contribution in [3.63, 3.8) is 0 Å². The van der Waals surface area contributed by atoms with E-state index in [1.54, 1.807) is 0 Å². The van der Waals surface area contributed by atoms with Gasteiger partial charge in [0.25, 0.3) is 0 Å². The summed E-state index contributed by atoms with van der Waals surface area (Å²) in [7, 11) is -4.36. The monoisotopic (exact) mass is 502 g/mol. The highest BCUT2D eigenvalue weighted by molar-refractivity contribution is 7.80. The zero-order chi connectivity index (χ0) is 25.2. The van der Waals surface area contributed by atoms with Crippen LogP contribution in [-0.2, 0) is 14.6 Å². The number of unbranched alkanes of at least 4 members (excludes halogenated alkanes) is 20. The van der Waals surface area contributed by atoms with Crippen molar-refractivity contribution >= 4 is 10.4 Å². The molecule has 0 aliphatic rings. The van der Waals surface area contributed by atoms with Crippen LogP contribution in [0, 0.1) is 5.92 Å². The number of hydrogen-bond acceptors (Lipinski definition) is 3. The van der Waals surface area contributed by atoms with Gasteiger partial charge < -0.3 is 0 Å². The summed E-state index contributed by atoms with van der Waals surface area (Å²) >= 11 is 0. The molecule has 34 heavy (non-hydrogen) atoms. The van der Waals surface area contributed by atoms with Gasteiger partial charge in [-0.15, -0.1) is 0 Å². The van der Waals surface area contributed by atoms with Crippen LogP contribution in [0.3, 0.4) is 0 Å². The third-order valence-corrected chi connectivity index (χ3v) is 7.18. The van der Waals surface area contributed by atoms with Gasteiger partial charge in [-0.25, -0.2) is 4.18 Å². The van der Waals surface area contributed by atoms with Gasteiger partial charge in [-0.1, -0.05) is 154 Å². The van der Waals surface area contributed by atoms with Crippen molar-refractivity contribution in [3.05, 3.63) is 12.2 Å². The Morgan fingerprint density at radius 3 is 1.41 bits per heavy atom. The molecule has 1 atom stereocenters. The van der Waals surface area contributed by atoms with Crippen molar-refractivity contribution < 1.29 is 17.2 Å². The van der Waals surface area contributed by atoms with Crippen LogP contribution >= 0.6 is 0 Å². The maximum Gasteiger partial charge on any atom is 0.397 e. The first kappa shape index (κ1) is 33.6. The van der Waals surface area contributed by atoms with Crippen LogP contribution in [-0.4, -0.2) is 19.6 Å². The fourth-order valence-electron chi connectivity index (χ4n) is 4.52. The third-order valence-electron chi connectivity index (χ3n) is 6.74. The molecular weight excluding hydrogens is 444 g/mol. The smallest absolute Gasteiger partial charge is 0.264 e. The van der Waals surface area contributed by atoms with Crippen molar-refractivity contribution in [2.24, 2.45) is 5.92 Å². The largest absolute Gasteiger partial charge is 0.397 e. The van der Waals surface area contributed by atoms with Crippen LogP contribution in [0.4, 0.5) is 0 Å². The van der Waals surface area contributed by atoms with Gasteiger partial charge in [-0.3, -0.25) is 4.55 Å². The van der Waals surface area contributed by atoms with Crippen molar-refractivity contribution in [2.45, 2.75) is 162 Å². The van der Waals surface area contributed by atoms with E-state index in [0.717, 1.165) is 19.3 Å². The lowest BCUT2D eigenvalue weighted by Gasteiger charge is -2.12. The summed E-state index contributed by atoms with van der Waals surface area (Å²) in [5.74, 6) is 0.0597. The van der Waals surface area contributed by atoms with Gasteiger partial charge in [0.1, 0.15) is 0 Å². The molecule has 0 bridgehead atoms. The fraction of sp³-hybridized carbons (Fsp3) is 0.931. The highest BCUT2D eigenvalue weighted by Gasteiger charge is 2.11. The SMILES string of the molecule is CCCCCC/C=C/C(CCCCCCCCCCCCCCCCCCC)COS(=O)(=O)O. The second-order valence-corrected chi connectivity index (χ2v) is 11.3. The van der Waals surface area contributed by atoms with Crippen LogP contribution in [0.5, 0.6) is 0 Å². The summed E-state index contributed by atoms with van der Waals surface area (Å²) in [6.45, 7) is 4.53. The van der Waals surface area contributed by atoms with E-state index in [2.05, 4.69) is 30.2 Å². The zero-order valence-corrected chi connectivity index (χ0v) is 23.6. The van der Waals surface area contributed by atoms with E-state index in [1.807, 2.05) is 0 Å². The standard InChI is InChI=1S/C29H58O4S/c1-3-5-7-9-11-12-13-14-15-16-17-18-19-20-21-23-25-27-29(28-33-34(30,31)32)26-24-22-10-8-6-4-2/h24,26,29H,3-23,25,27-28H2,1-2H3,(H,30,31,32)/b26-24+. The van der Waals surface area contributed by atoms with Gasteiger partial charge in [0, 0.05) is 5.92 Å². The first-order valence-electron chi connectivity index (χ1n) is 14.8. The van der Waals surface area contributed by atoms with E-state index >= 15 is 0 Å². The Morgan fingerprint density at radius 2 is 1.00 bits per heavy atom. The Hall–Kier alpha value is -0.390. The molecule has 5 heteroatoms. The van der Waals surface area contributed by atoms with Gasteiger partial charge >= 0.3 is 10.4 Å². The van der Waals surface area contributed by atoms with Crippen molar-refractivity contribution in [3.8, 4) is 0 Å². The van der Waals surface area contributed by atoms with Crippen molar-refractivity contribution in [1.82, 2.24) is 0 Å². The lowest BCUT2D eigenvalue weighted by Crippen LogP contribution is -2.12. The molecule has 0 amide bonds. The van der Waals surface area contributed by atoms with Gasteiger partial charge in [-0.05, 0) is 19.3 Å². The van der Waals surface area contributed by atoms with E-state index in [1.165, 1.54) is 128 Å². The van der Waals surface area contributed by atoms with Crippen molar-refractivity contribution in [1.29, 1.82) is 0 Å². The summed E-state index contributed by atoms with van der Waals surface area (Å²) < 4.78 is 35.4. The number of allylic oxidation sites excluding steroid dienone is 1. The highest BCUT2D eigenvalue weighted by atomic mass is 32.3. The summed E-state index contributed by atoms with van der Waals surface area (Å²) in [4.78, 5) is 0. The molecule has 0 radical (unpaired) electrons. The predicted molar refractivity (Wildman–Crippen MR) is 148 cm³/mol. The van der Waals surface area contributed by atoms with Crippen LogP contribution in [0.15, 0.2) is 12.2 Å². The van der Waals surface area contributed by atoms with Gasteiger partial charge in [0.15, 0.2) is 0 Å². The molecule has 0 aromatic carbocycles. The van der Waals surface area contributed by atoms with Crippen molar-refractivity contribution in [2.75, 3.05) is 6.61 Å². The van der Waals surface area contributed by atoms with Crippen LogP contribution in [0.1, 0.15) is 162 Å². The molecule has 0 heterocycles. The Morgan fingerprint density at radius 1 is 0.618 bits per heavy atom. The lowest BCUT2D eigenvalue weighted by molar-refractivity contribution is 0.234. The molecule has 0 aromatic rings. The third kappa shape index (κ3) is 27.9. The maximum atomic E-state index is 10.9. The predicted octanol–water partition coefficient (Wildman–Crippen LogP) is 9.99. The Balaban J connectivity index is 3.65. The Bertz CT molecular complexity index is 530. The second kappa shape index (κ2) is 25.7. The highest BCUT2D eigenvalue weighted by Crippen LogP contribution is 2.17. The Kier molecular flexibility index (Phi) is 25.4. The van der Waals surface area contributed by atoms with Gasteiger partial charge in [0.2, 0.25) is 0 Å². The molecule has 204 valence electrons. The van der Waals surface area contributed by atoms with Crippen LogP contribution in [0.25, 0.3) is 0 Å². The fourth-order valence-corrected chi connectivity index (χ4v) is 4.86. The maximum absolute atomic E-state index is 10.9. The molecule has 0 fully saturated rings. The molecule has 0 rings (SSSR count). The molecule has 0 saturated carbocycles. The minimum absolute atomic E-state index is 0.0448. The first-order valence-corrected chi connectivity index (χ1v) is 16.1. The van der Waals surface area contributed by atoms with Gasteiger partial charge in [0.05, 0.1) is 6.61 Å². The molecule has 0 aromatic heterocycles. The Labute approximate surface area is 213 Å². The minimum atomic E-state index is -4.36. The molecule has 0 spiro atoms. The quantitative estimate of drug-likeness (QED) is 0.0689. The molecule has 0 aliphatic heterocycles. The molecule has 1 unspecified atom stereocenters. The molecular formula is C29H58O4S. The average molecular weight is 503 g/mol. The summed E-state index contributed by atoms with van der Waals surface area (Å²) in [6, 6.07) is 0.